The Kier molecular flexibility index (Phi) is 1.57. The van der Waals surface area contributed by atoms with E-state index in [0.29, 0.717) is 5.41 Å². The van der Waals surface area contributed by atoms with Gasteiger partial charge in [-0.15, -0.1) is 0 Å². The van der Waals surface area contributed by atoms with Crippen molar-refractivity contribution in [2.75, 3.05) is 20.1 Å². The van der Waals surface area contributed by atoms with Crippen LogP contribution in [-0.4, -0.2) is 25.0 Å². The van der Waals surface area contributed by atoms with Crippen LogP contribution in [0.15, 0.2) is 0 Å². The molecule has 2 unspecified atom stereocenters. The highest BCUT2D eigenvalue weighted by molar-refractivity contribution is 5.10. The van der Waals surface area contributed by atoms with Gasteiger partial charge in [-0.2, -0.15) is 0 Å². The topological polar surface area (TPSA) is 38.2 Å². The van der Waals surface area contributed by atoms with Gasteiger partial charge in [0.2, 0.25) is 0 Å². The van der Waals surface area contributed by atoms with E-state index in [1.165, 1.54) is 13.1 Å². The van der Waals surface area contributed by atoms with Crippen molar-refractivity contribution in [2.45, 2.75) is 13.8 Å². The molecule has 2 aliphatic rings. The molecule has 2 heteroatoms. The average Bonchev–Trinajstić information content (AvgIpc) is 2.27. The number of piperidine rings is 1. The monoisotopic (exact) mass is 142 g/mol. The van der Waals surface area contributed by atoms with E-state index in [1.54, 1.807) is 0 Å². The molecule has 0 spiro atoms. The lowest BCUT2D eigenvalue weighted by atomic mass is 10.1. The lowest BCUT2D eigenvalue weighted by Gasteiger charge is -2.15. The smallest absolute Gasteiger partial charge is 0.00153 e. The summed E-state index contributed by atoms with van der Waals surface area (Å²) in [6, 6.07) is 0. The first kappa shape index (κ1) is 8.02. The van der Waals surface area contributed by atoms with Crippen LogP contribution in [0.25, 0.3) is 0 Å². The maximum absolute atomic E-state index is 2.45. The molecule has 1 saturated carbocycles. The lowest BCUT2D eigenvalue weighted by Crippen LogP contribution is -2.21. The first-order chi connectivity index (χ1) is 4.12. The van der Waals surface area contributed by atoms with Crippen molar-refractivity contribution in [2.24, 2.45) is 17.3 Å². The van der Waals surface area contributed by atoms with Crippen molar-refractivity contribution in [3.8, 4) is 0 Å². The van der Waals surface area contributed by atoms with Gasteiger partial charge in [0, 0.05) is 13.1 Å². The van der Waals surface area contributed by atoms with Crippen LogP contribution in [0.2, 0.25) is 0 Å². The maximum atomic E-state index is 2.45. The molecule has 1 saturated heterocycles. The van der Waals surface area contributed by atoms with E-state index in [4.69, 9.17) is 0 Å². The molecule has 0 bridgehead atoms. The van der Waals surface area contributed by atoms with Crippen LogP contribution in [0.1, 0.15) is 13.8 Å². The van der Waals surface area contributed by atoms with Gasteiger partial charge in [-0.1, -0.05) is 13.8 Å². The minimum atomic E-state index is 0. The van der Waals surface area contributed by atoms with Gasteiger partial charge in [0.05, 0.1) is 0 Å². The third-order valence-electron chi connectivity index (χ3n) is 3.30. The molecule has 2 atom stereocenters. The van der Waals surface area contributed by atoms with Gasteiger partial charge in [0.1, 0.15) is 0 Å². The van der Waals surface area contributed by atoms with Crippen molar-refractivity contribution in [1.82, 2.24) is 11.1 Å². The van der Waals surface area contributed by atoms with Crippen LogP contribution in [-0.2, 0) is 0 Å². The van der Waals surface area contributed by atoms with Crippen LogP contribution < -0.4 is 6.15 Å². The summed E-state index contributed by atoms with van der Waals surface area (Å²) in [5.41, 5.74) is 0.701. The highest BCUT2D eigenvalue weighted by Crippen LogP contribution is 2.61. The first-order valence-electron chi connectivity index (χ1n) is 3.81. The summed E-state index contributed by atoms with van der Waals surface area (Å²) in [4.78, 5) is 2.45. The van der Waals surface area contributed by atoms with Crippen LogP contribution in [0.5, 0.6) is 0 Å². The fourth-order valence-corrected chi connectivity index (χ4v) is 2.33. The molecule has 0 aromatic heterocycles. The second-order valence-electron chi connectivity index (χ2n) is 4.26. The Morgan fingerprint density at radius 3 is 1.90 bits per heavy atom. The lowest BCUT2D eigenvalue weighted by molar-refractivity contribution is 0.306. The second kappa shape index (κ2) is 1.95. The average molecular weight is 142 g/mol. The first-order valence-corrected chi connectivity index (χ1v) is 3.81. The standard InChI is InChI=1S/C8H15N.H3N/c1-8(2)6-4-9(3)5-7(6)8;/h6-7H,4-5H2,1-3H3;1H3. The van der Waals surface area contributed by atoms with E-state index in [9.17, 15) is 0 Å². The third-order valence-corrected chi connectivity index (χ3v) is 3.30. The van der Waals surface area contributed by atoms with Gasteiger partial charge < -0.3 is 11.1 Å². The zero-order chi connectivity index (χ0) is 6.65. The van der Waals surface area contributed by atoms with Crippen molar-refractivity contribution >= 4 is 0 Å². The number of nitrogens with zero attached hydrogens (tertiary/aromatic N) is 1. The van der Waals surface area contributed by atoms with Gasteiger partial charge >= 0.3 is 0 Å². The Morgan fingerprint density at radius 2 is 1.60 bits per heavy atom. The van der Waals surface area contributed by atoms with E-state index in [1.807, 2.05) is 0 Å². The number of likely N-dealkylation sites (tertiary alicyclic amines) is 1. The predicted octanol–water partition coefficient (Wildman–Crippen LogP) is 1.37. The van der Waals surface area contributed by atoms with Crippen molar-refractivity contribution < 1.29 is 0 Å². The largest absolute Gasteiger partial charge is 0.344 e. The quantitative estimate of drug-likeness (QED) is 0.554. The van der Waals surface area contributed by atoms with E-state index < -0.39 is 0 Å². The van der Waals surface area contributed by atoms with E-state index in [0.717, 1.165) is 11.8 Å². The zero-order valence-electron chi connectivity index (χ0n) is 7.22. The predicted molar refractivity (Wildman–Crippen MR) is 43.3 cm³/mol. The van der Waals surface area contributed by atoms with Crippen molar-refractivity contribution in [3.05, 3.63) is 0 Å². The normalized spacial score (nSPS) is 42.3. The van der Waals surface area contributed by atoms with Crippen molar-refractivity contribution in [3.63, 3.8) is 0 Å². The molecule has 1 aliphatic heterocycles. The Labute approximate surface area is 63.2 Å². The molecule has 60 valence electrons. The van der Waals surface area contributed by atoms with Crippen LogP contribution >= 0.6 is 0 Å². The Bertz CT molecular complexity index is 128. The summed E-state index contributed by atoms with van der Waals surface area (Å²) in [5, 5.41) is 0. The van der Waals surface area contributed by atoms with Crippen LogP contribution in [0.4, 0.5) is 0 Å². The molecule has 3 N–H and O–H groups in total. The summed E-state index contributed by atoms with van der Waals surface area (Å²) < 4.78 is 0. The maximum Gasteiger partial charge on any atom is 0.00153 e. The second-order valence-corrected chi connectivity index (χ2v) is 4.26. The number of rotatable bonds is 0. The number of hydrogen-bond donors (Lipinski definition) is 1. The van der Waals surface area contributed by atoms with Gasteiger partial charge in [0.15, 0.2) is 0 Å². The zero-order valence-corrected chi connectivity index (χ0v) is 7.22. The molecule has 2 fully saturated rings. The fourth-order valence-electron chi connectivity index (χ4n) is 2.33. The van der Waals surface area contributed by atoms with Crippen LogP contribution in [0, 0.1) is 17.3 Å². The third kappa shape index (κ3) is 0.789. The highest BCUT2D eigenvalue weighted by atomic mass is 15.2. The molecule has 0 amide bonds. The summed E-state index contributed by atoms with van der Waals surface area (Å²) in [7, 11) is 2.22. The van der Waals surface area contributed by atoms with Gasteiger partial charge in [0.25, 0.3) is 0 Å². The summed E-state index contributed by atoms with van der Waals surface area (Å²) in [6.07, 6.45) is 0. The Morgan fingerprint density at radius 1 is 1.20 bits per heavy atom. The molecular formula is C8H18N2. The number of hydrogen-bond acceptors (Lipinski definition) is 2. The molecule has 2 rings (SSSR count). The summed E-state index contributed by atoms with van der Waals surface area (Å²) in [5.74, 6) is 2.06. The minimum absolute atomic E-state index is 0. The molecule has 10 heavy (non-hydrogen) atoms. The molecule has 1 aliphatic carbocycles. The molecule has 1 heterocycles. The molecule has 0 radical (unpaired) electrons. The fraction of sp³-hybridized carbons (Fsp3) is 1.00. The molecule has 0 aromatic carbocycles. The number of fused-ring (bicyclic) bond motifs is 1. The van der Waals surface area contributed by atoms with Crippen molar-refractivity contribution in [1.29, 1.82) is 0 Å². The molecule has 2 nitrogen and oxygen atoms in total. The van der Waals surface area contributed by atoms with E-state index >= 15 is 0 Å². The minimum Gasteiger partial charge on any atom is -0.344 e. The van der Waals surface area contributed by atoms with Gasteiger partial charge in [-0.05, 0) is 24.3 Å². The SMILES string of the molecule is CN1CC2C(C1)C2(C)C.N. The molecule has 0 aromatic rings. The summed E-state index contributed by atoms with van der Waals surface area (Å²) >= 11 is 0. The molecular weight excluding hydrogens is 124 g/mol. The Hall–Kier alpha value is -0.0800. The van der Waals surface area contributed by atoms with Gasteiger partial charge in [-0.25, -0.2) is 0 Å². The van der Waals surface area contributed by atoms with Crippen LogP contribution in [0.3, 0.4) is 0 Å². The van der Waals surface area contributed by atoms with E-state index in [2.05, 4.69) is 25.8 Å². The van der Waals surface area contributed by atoms with E-state index in [-0.39, 0.29) is 6.15 Å². The summed E-state index contributed by atoms with van der Waals surface area (Å²) in [6.45, 7) is 7.49. The van der Waals surface area contributed by atoms with Gasteiger partial charge in [-0.3, -0.25) is 0 Å². The highest BCUT2D eigenvalue weighted by Gasteiger charge is 2.60. The Balaban J connectivity index is 0.000000500.